The van der Waals surface area contributed by atoms with Crippen molar-refractivity contribution in [1.82, 2.24) is 9.91 Å². The molecule has 1 aliphatic rings. The number of nitrogens with zero attached hydrogens (tertiary/aromatic N) is 3. The molecule has 0 bridgehead atoms. The van der Waals surface area contributed by atoms with E-state index in [4.69, 9.17) is 4.74 Å². The summed E-state index contributed by atoms with van der Waals surface area (Å²) in [6.07, 6.45) is 1.76. The quantitative estimate of drug-likeness (QED) is 0.859. The highest BCUT2D eigenvalue weighted by Crippen LogP contribution is 2.31. The van der Waals surface area contributed by atoms with E-state index in [1.807, 2.05) is 5.01 Å². The van der Waals surface area contributed by atoms with Crippen molar-refractivity contribution >= 4 is 22.1 Å². The molecular formula is C13H18BrN3O2. The molecule has 0 atom stereocenters. The lowest BCUT2D eigenvalue weighted by Gasteiger charge is -2.30. The molecule has 0 unspecified atom stereocenters. The predicted octanol–water partition coefficient (Wildman–Crippen LogP) is 1.74. The van der Waals surface area contributed by atoms with Crippen LogP contribution in [-0.4, -0.2) is 61.6 Å². The van der Waals surface area contributed by atoms with Crippen LogP contribution in [0.3, 0.4) is 0 Å². The van der Waals surface area contributed by atoms with Crippen molar-refractivity contribution in [3.05, 3.63) is 22.2 Å². The van der Waals surface area contributed by atoms with Gasteiger partial charge in [-0.25, -0.2) is 0 Å². The first-order valence-electron chi connectivity index (χ1n) is 6.14. The molecule has 6 heteroatoms. The Balaban J connectivity index is 2.08. The maximum absolute atomic E-state index is 9.76. The molecule has 0 aliphatic carbocycles. The first-order chi connectivity index (χ1) is 9.10. The van der Waals surface area contributed by atoms with E-state index < -0.39 is 0 Å². The van der Waals surface area contributed by atoms with Gasteiger partial charge in [0.25, 0.3) is 0 Å². The minimum absolute atomic E-state index is 0.116. The molecule has 0 amide bonds. The van der Waals surface area contributed by atoms with Crippen molar-refractivity contribution in [3.63, 3.8) is 0 Å². The Labute approximate surface area is 121 Å². The maximum Gasteiger partial charge on any atom is 0.161 e. The Kier molecular flexibility index (Phi) is 4.66. The van der Waals surface area contributed by atoms with E-state index in [9.17, 15) is 5.11 Å². The smallest absolute Gasteiger partial charge is 0.161 e. The minimum Gasteiger partial charge on any atom is -0.504 e. The second-order valence-electron chi connectivity index (χ2n) is 4.55. The third-order valence-electron chi connectivity index (χ3n) is 3.14. The summed E-state index contributed by atoms with van der Waals surface area (Å²) in [5.74, 6) is 0.564. The third-order valence-corrected chi connectivity index (χ3v) is 3.82. The van der Waals surface area contributed by atoms with Gasteiger partial charge in [0.05, 0.1) is 13.3 Å². The SMILES string of the molecule is COc1cc(Br)c(/C=N\N2CCN(C)CC2)cc1O. The van der Waals surface area contributed by atoms with Gasteiger partial charge in [-0.1, -0.05) is 0 Å². The van der Waals surface area contributed by atoms with Gasteiger partial charge in [-0.15, -0.1) is 0 Å². The van der Waals surface area contributed by atoms with E-state index in [-0.39, 0.29) is 5.75 Å². The van der Waals surface area contributed by atoms with Crippen LogP contribution in [0.25, 0.3) is 0 Å². The van der Waals surface area contributed by atoms with Gasteiger partial charge < -0.3 is 14.7 Å². The first-order valence-corrected chi connectivity index (χ1v) is 6.93. The second-order valence-corrected chi connectivity index (χ2v) is 5.40. The number of hydrogen-bond donors (Lipinski definition) is 1. The number of halogens is 1. The number of aromatic hydroxyl groups is 1. The van der Waals surface area contributed by atoms with E-state index in [0.29, 0.717) is 5.75 Å². The van der Waals surface area contributed by atoms with Crippen molar-refractivity contribution in [2.24, 2.45) is 5.10 Å². The summed E-state index contributed by atoms with van der Waals surface area (Å²) in [6.45, 7) is 3.89. The van der Waals surface area contributed by atoms with Crippen molar-refractivity contribution in [3.8, 4) is 11.5 Å². The summed E-state index contributed by atoms with van der Waals surface area (Å²) in [5.41, 5.74) is 0.831. The molecule has 1 N–H and O–H groups in total. The average Bonchev–Trinajstić information content (AvgIpc) is 2.41. The van der Waals surface area contributed by atoms with Gasteiger partial charge in [0, 0.05) is 36.2 Å². The standard InChI is InChI=1S/C13H18BrN3O2/c1-16-3-5-17(6-4-16)15-9-10-7-12(18)13(19-2)8-11(10)14/h7-9,18H,3-6H2,1-2H3/b15-9-. The molecule has 1 aromatic rings. The Hall–Kier alpha value is -1.27. The summed E-state index contributed by atoms with van der Waals surface area (Å²) in [4.78, 5) is 2.28. The summed E-state index contributed by atoms with van der Waals surface area (Å²) in [5, 5.41) is 16.2. The zero-order valence-electron chi connectivity index (χ0n) is 11.1. The fraction of sp³-hybridized carbons (Fsp3) is 0.462. The normalized spacial score (nSPS) is 17.1. The Morgan fingerprint density at radius 1 is 1.32 bits per heavy atom. The maximum atomic E-state index is 9.76. The number of hydrogen-bond acceptors (Lipinski definition) is 5. The lowest BCUT2D eigenvalue weighted by Crippen LogP contribution is -2.41. The highest BCUT2D eigenvalue weighted by Gasteiger charge is 2.11. The number of rotatable bonds is 3. The van der Waals surface area contributed by atoms with E-state index in [1.54, 1.807) is 18.3 Å². The Morgan fingerprint density at radius 2 is 2.00 bits per heavy atom. The lowest BCUT2D eigenvalue weighted by molar-refractivity contribution is 0.159. The van der Waals surface area contributed by atoms with E-state index in [2.05, 4.69) is 33.0 Å². The van der Waals surface area contributed by atoms with Crippen molar-refractivity contribution in [2.45, 2.75) is 0 Å². The fourth-order valence-corrected chi connectivity index (χ4v) is 2.30. The largest absolute Gasteiger partial charge is 0.504 e. The second kappa shape index (κ2) is 6.25. The number of phenolic OH excluding ortho intramolecular Hbond substituents is 1. The van der Waals surface area contributed by atoms with Gasteiger partial charge in [0.2, 0.25) is 0 Å². The number of ether oxygens (including phenoxy) is 1. The summed E-state index contributed by atoms with van der Waals surface area (Å²) in [6, 6.07) is 3.38. The van der Waals surface area contributed by atoms with Gasteiger partial charge >= 0.3 is 0 Å². The van der Waals surface area contributed by atoms with E-state index in [0.717, 1.165) is 36.2 Å². The van der Waals surface area contributed by atoms with Crippen LogP contribution in [0.1, 0.15) is 5.56 Å². The lowest BCUT2D eigenvalue weighted by atomic mass is 10.2. The van der Waals surface area contributed by atoms with Gasteiger partial charge in [-0.3, -0.25) is 5.01 Å². The zero-order chi connectivity index (χ0) is 13.8. The van der Waals surface area contributed by atoms with Crippen LogP contribution in [0.5, 0.6) is 11.5 Å². The zero-order valence-corrected chi connectivity index (χ0v) is 12.7. The van der Waals surface area contributed by atoms with Crippen LogP contribution >= 0.6 is 15.9 Å². The highest BCUT2D eigenvalue weighted by atomic mass is 79.9. The number of hydrazone groups is 1. The van der Waals surface area contributed by atoms with Crippen LogP contribution in [0.15, 0.2) is 21.7 Å². The van der Waals surface area contributed by atoms with Gasteiger partial charge in [-0.2, -0.15) is 5.10 Å². The minimum atomic E-state index is 0.116. The number of benzene rings is 1. The summed E-state index contributed by atoms with van der Waals surface area (Å²) < 4.78 is 5.89. The number of piperazine rings is 1. The molecule has 2 rings (SSSR count). The molecule has 0 spiro atoms. The fourth-order valence-electron chi connectivity index (χ4n) is 1.88. The molecule has 19 heavy (non-hydrogen) atoms. The molecule has 104 valence electrons. The van der Waals surface area contributed by atoms with Crippen molar-refractivity contribution in [1.29, 1.82) is 0 Å². The summed E-state index contributed by atoms with van der Waals surface area (Å²) >= 11 is 3.45. The van der Waals surface area contributed by atoms with Gasteiger partial charge in [0.15, 0.2) is 11.5 Å². The topological polar surface area (TPSA) is 48.3 Å². The molecular weight excluding hydrogens is 310 g/mol. The Morgan fingerprint density at radius 3 is 2.63 bits per heavy atom. The third kappa shape index (κ3) is 3.61. The molecule has 5 nitrogen and oxygen atoms in total. The predicted molar refractivity (Wildman–Crippen MR) is 79.0 cm³/mol. The molecule has 1 fully saturated rings. The molecule has 0 saturated carbocycles. The van der Waals surface area contributed by atoms with Crippen molar-refractivity contribution in [2.75, 3.05) is 40.3 Å². The molecule has 1 saturated heterocycles. The first kappa shape index (κ1) is 14.1. The number of methoxy groups -OCH3 is 1. The Bertz CT molecular complexity index is 471. The van der Waals surface area contributed by atoms with Crippen LogP contribution in [0.4, 0.5) is 0 Å². The van der Waals surface area contributed by atoms with Gasteiger partial charge in [-0.05, 0) is 35.1 Å². The van der Waals surface area contributed by atoms with Crippen molar-refractivity contribution < 1.29 is 9.84 Å². The van der Waals surface area contributed by atoms with Crippen LogP contribution in [0, 0.1) is 0 Å². The van der Waals surface area contributed by atoms with E-state index >= 15 is 0 Å². The average molecular weight is 328 g/mol. The molecule has 0 aromatic heterocycles. The number of likely N-dealkylation sites (N-methyl/N-ethyl adjacent to an activating group) is 1. The molecule has 1 heterocycles. The molecule has 1 aliphatic heterocycles. The van der Waals surface area contributed by atoms with Gasteiger partial charge in [0.1, 0.15) is 0 Å². The van der Waals surface area contributed by atoms with Crippen LogP contribution in [-0.2, 0) is 0 Å². The van der Waals surface area contributed by atoms with E-state index in [1.165, 1.54) is 7.11 Å². The molecule has 1 aromatic carbocycles. The van der Waals surface area contributed by atoms with Crippen LogP contribution < -0.4 is 4.74 Å². The monoisotopic (exact) mass is 327 g/mol. The molecule has 0 radical (unpaired) electrons. The van der Waals surface area contributed by atoms with Crippen LogP contribution in [0.2, 0.25) is 0 Å². The highest BCUT2D eigenvalue weighted by molar-refractivity contribution is 9.10. The number of phenols is 1. The summed E-state index contributed by atoms with van der Waals surface area (Å²) in [7, 11) is 3.64.